The Morgan fingerprint density at radius 2 is 0.806 bits per heavy atom. The van der Waals surface area contributed by atoms with Gasteiger partial charge < -0.3 is 4.74 Å². The van der Waals surface area contributed by atoms with Crippen LogP contribution in [0.25, 0.3) is 0 Å². The van der Waals surface area contributed by atoms with Gasteiger partial charge in [-0.2, -0.15) is 0 Å². The molecule has 0 aliphatic rings. The molecule has 3 heteroatoms. The van der Waals surface area contributed by atoms with E-state index < -0.39 is 6.10 Å². The molecule has 0 radical (unpaired) electrons. The first-order valence-electron chi connectivity index (χ1n) is 16.4. The lowest BCUT2D eigenvalue weighted by Gasteiger charge is -2.12. The molecule has 0 rings (SSSR count). The zero-order valence-corrected chi connectivity index (χ0v) is 24.7. The highest BCUT2D eigenvalue weighted by Gasteiger charge is 2.13. The minimum absolute atomic E-state index is 0.190. The van der Waals surface area contributed by atoms with Crippen LogP contribution >= 0.6 is 0 Å². The maximum atomic E-state index is 12.1. The zero-order valence-electron chi connectivity index (χ0n) is 24.7. The van der Waals surface area contributed by atoms with Crippen LogP contribution < -0.4 is 0 Å². The molecule has 0 aliphatic heterocycles. The van der Waals surface area contributed by atoms with Crippen molar-refractivity contribution in [2.45, 2.75) is 200 Å². The number of hydrogen-bond acceptors (Lipinski definition) is 3. The summed E-state index contributed by atoms with van der Waals surface area (Å²) in [4.78, 5) is 23.4. The van der Waals surface area contributed by atoms with Crippen LogP contribution in [0.3, 0.4) is 0 Å². The Hall–Kier alpha value is -0.860. The molecule has 0 aromatic heterocycles. The Morgan fingerprint density at radius 3 is 1.14 bits per heavy atom. The summed E-state index contributed by atoms with van der Waals surface area (Å²) in [5.41, 5.74) is 0. The largest absolute Gasteiger partial charge is 0.455 e. The SMILES string of the molecule is CCCCCCCCCCCCCCCCCC(=O)OC(C=O)CCCCCCCCCCCCC. The normalized spacial score (nSPS) is 12.1. The molecule has 214 valence electrons. The van der Waals surface area contributed by atoms with Crippen molar-refractivity contribution < 1.29 is 14.3 Å². The average Bonchev–Trinajstić information content (AvgIpc) is 2.88. The molecule has 0 N–H and O–H groups in total. The summed E-state index contributed by atoms with van der Waals surface area (Å²) in [5, 5.41) is 0. The van der Waals surface area contributed by atoms with Gasteiger partial charge in [0.05, 0.1) is 0 Å². The molecule has 0 spiro atoms. The smallest absolute Gasteiger partial charge is 0.306 e. The van der Waals surface area contributed by atoms with E-state index in [4.69, 9.17) is 4.74 Å². The van der Waals surface area contributed by atoms with Crippen LogP contribution in [-0.4, -0.2) is 18.4 Å². The second-order valence-corrected chi connectivity index (χ2v) is 11.2. The van der Waals surface area contributed by atoms with Gasteiger partial charge in [0.1, 0.15) is 0 Å². The molecule has 1 unspecified atom stereocenters. The van der Waals surface area contributed by atoms with Crippen LogP contribution in [0, 0.1) is 0 Å². The van der Waals surface area contributed by atoms with E-state index in [-0.39, 0.29) is 5.97 Å². The van der Waals surface area contributed by atoms with Gasteiger partial charge in [0.15, 0.2) is 12.4 Å². The highest BCUT2D eigenvalue weighted by atomic mass is 16.5. The van der Waals surface area contributed by atoms with Crippen molar-refractivity contribution in [3.63, 3.8) is 0 Å². The van der Waals surface area contributed by atoms with E-state index in [2.05, 4.69) is 13.8 Å². The lowest BCUT2D eigenvalue weighted by Crippen LogP contribution is -2.19. The first kappa shape index (κ1) is 35.1. The molecule has 36 heavy (non-hydrogen) atoms. The Balaban J connectivity index is 3.40. The van der Waals surface area contributed by atoms with Crippen molar-refractivity contribution in [2.75, 3.05) is 0 Å². The number of ether oxygens (including phenoxy) is 1. The molecule has 3 nitrogen and oxygen atoms in total. The summed E-state index contributed by atoms with van der Waals surface area (Å²) in [5.74, 6) is -0.190. The van der Waals surface area contributed by atoms with Crippen molar-refractivity contribution in [2.24, 2.45) is 0 Å². The lowest BCUT2D eigenvalue weighted by molar-refractivity contribution is -0.152. The number of aldehydes is 1. The Labute approximate surface area is 226 Å². The second-order valence-electron chi connectivity index (χ2n) is 11.2. The number of hydrogen-bond donors (Lipinski definition) is 0. The third-order valence-electron chi connectivity index (χ3n) is 7.51. The molecule has 0 saturated heterocycles. The van der Waals surface area contributed by atoms with Crippen molar-refractivity contribution in [3.05, 3.63) is 0 Å². The molecule has 0 aromatic rings. The molecule has 0 saturated carbocycles. The van der Waals surface area contributed by atoms with Crippen molar-refractivity contribution in [3.8, 4) is 0 Å². The van der Waals surface area contributed by atoms with E-state index in [0.29, 0.717) is 12.8 Å². The summed E-state index contributed by atoms with van der Waals surface area (Å²) in [6.07, 6.45) is 35.4. The molecule has 0 heterocycles. The molecular weight excluding hydrogens is 444 g/mol. The summed E-state index contributed by atoms with van der Waals surface area (Å²) >= 11 is 0. The maximum Gasteiger partial charge on any atom is 0.306 e. The van der Waals surface area contributed by atoms with Crippen molar-refractivity contribution in [1.82, 2.24) is 0 Å². The van der Waals surface area contributed by atoms with E-state index in [1.807, 2.05) is 0 Å². The van der Waals surface area contributed by atoms with Gasteiger partial charge in [-0.3, -0.25) is 9.59 Å². The minimum Gasteiger partial charge on any atom is -0.455 e. The predicted molar refractivity (Wildman–Crippen MR) is 157 cm³/mol. The van der Waals surface area contributed by atoms with Crippen LogP contribution in [0.2, 0.25) is 0 Å². The van der Waals surface area contributed by atoms with E-state index >= 15 is 0 Å². The van der Waals surface area contributed by atoms with Gasteiger partial charge in [-0.15, -0.1) is 0 Å². The fourth-order valence-corrected chi connectivity index (χ4v) is 5.03. The van der Waals surface area contributed by atoms with E-state index in [1.54, 1.807) is 0 Å². The maximum absolute atomic E-state index is 12.1. The van der Waals surface area contributed by atoms with E-state index in [9.17, 15) is 9.59 Å². The monoisotopic (exact) mass is 508 g/mol. The summed E-state index contributed by atoms with van der Waals surface area (Å²) in [6.45, 7) is 4.54. The van der Waals surface area contributed by atoms with Crippen molar-refractivity contribution in [1.29, 1.82) is 0 Å². The van der Waals surface area contributed by atoms with Crippen LogP contribution in [0.4, 0.5) is 0 Å². The number of carbonyl (C=O) groups excluding carboxylic acids is 2. The predicted octanol–water partition coefficient (Wildman–Crippen LogP) is 11.1. The van der Waals surface area contributed by atoms with Gasteiger partial charge in [0.25, 0.3) is 0 Å². The van der Waals surface area contributed by atoms with Gasteiger partial charge in [0, 0.05) is 6.42 Å². The number of esters is 1. The average molecular weight is 509 g/mol. The summed E-state index contributed by atoms with van der Waals surface area (Å²) < 4.78 is 5.40. The van der Waals surface area contributed by atoms with E-state index in [1.165, 1.54) is 141 Å². The quantitative estimate of drug-likeness (QED) is 0.0550. The molecule has 0 aromatic carbocycles. The van der Waals surface area contributed by atoms with Crippen molar-refractivity contribution >= 4 is 12.3 Å². The molecule has 0 aliphatic carbocycles. The lowest BCUT2D eigenvalue weighted by atomic mass is 10.0. The first-order valence-corrected chi connectivity index (χ1v) is 16.4. The standard InChI is InChI=1S/C33H64O3/c1-3-5-7-9-11-13-15-16-17-18-20-22-24-26-28-30-33(35)36-32(31-34)29-27-25-23-21-19-14-12-10-8-6-4-2/h31-32H,3-30H2,1-2H3. The number of carbonyl (C=O) groups is 2. The first-order chi connectivity index (χ1) is 17.7. The summed E-state index contributed by atoms with van der Waals surface area (Å²) in [6, 6.07) is 0. The molecule has 0 fully saturated rings. The number of rotatable bonds is 30. The van der Waals surface area contributed by atoms with Crippen LogP contribution in [-0.2, 0) is 14.3 Å². The molecule has 0 amide bonds. The number of unbranched alkanes of at least 4 members (excludes halogenated alkanes) is 24. The third kappa shape index (κ3) is 27.7. The highest BCUT2D eigenvalue weighted by Crippen LogP contribution is 2.15. The van der Waals surface area contributed by atoms with Crippen LogP contribution in [0.15, 0.2) is 0 Å². The Morgan fingerprint density at radius 1 is 0.500 bits per heavy atom. The van der Waals surface area contributed by atoms with Gasteiger partial charge in [-0.05, 0) is 19.3 Å². The minimum atomic E-state index is -0.535. The molecule has 0 bridgehead atoms. The fraction of sp³-hybridized carbons (Fsp3) is 0.939. The fourth-order valence-electron chi connectivity index (χ4n) is 5.03. The van der Waals surface area contributed by atoms with Crippen LogP contribution in [0.5, 0.6) is 0 Å². The zero-order chi connectivity index (χ0) is 26.4. The topological polar surface area (TPSA) is 43.4 Å². The van der Waals surface area contributed by atoms with Gasteiger partial charge in [-0.25, -0.2) is 0 Å². The molecular formula is C33H64O3. The Kier molecular flexibility index (Phi) is 29.6. The van der Waals surface area contributed by atoms with Crippen LogP contribution in [0.1, 0.15) is 194 Å². The Bertz CT molecular complexity index is 448. The van der Waals surface area contributed by atoms with Gasteiger partial charge in [-0.1, -0.05) is 168 Å². The third-order valence-corrected chi connectivity index (χ3v) is 7.51. The van der Waals surface area contributed by atoms with Gasteiger partial charge >= 0.3 is 5.97 Å². The highest BCUT2D eigenvalue weighted by molar-refractivity contribution is 5.72. The summed E-state index contributed by atoms with van der Waals surface area (Å²) in [7, 11) is 0. The van der Waals surface area contributed by atoms with E-state index in [0.717, 1.165) is 32.0 Å². The molecule has 1 atom stereocenters. The van der Waals surface area contributed by atoms with Gasteiger partial charge in [0.2, 0.25) is 0 Å². The second kappa shape index (κ2) is 30.4.